The zero-order valence-electron chi connectivity index (χ0n) is 10.8. The number of benzene rings is 1. The average Bonchev–Trinajstić information content (AvgIpc) is 2.35. The normalized spacial score (nSPS) is 12.9. The fourth-order valence-corrected chi connectivity index (χ4v) is 2.37. The van der Waals surface area contributed by atoms with Crippen LogP contribution >= 0.6 is 0 Å². The molecule has 1 aromatic heterocycles. The molecular formula is C15H20N2. The van der Waals surface area contributed by atoms with Crippen LogP contribution in [-0.2, 0) is 0 Å². The van der Waals surface area contributed by atoms with Gasteiger partial charge < -0.3 is 5.32 Å². The van der Waals surface area contributed by atoms with Crippen LogP contribution in [0.1, 0.15) is 37.1 Å². The lowest BCUT2D eigenvalue weighted by atomic mass is 9.98. The zero-order chi connectivity index (χ0) is 12.3. The molecule has 1 aromatic carbocycles. The topological polar surface area (TPSA) is 24.9 Å². The molecule has 0 radical (unpaired) electrons. The van der Waals surface area contributed by atoms with E-state index in [1.807, 2.05) is 13.1 Å². The summed E-state index contributed by atoms with van der Waals surface area (Å²) in [6.07, 6.45) is 2.34. The largest absolute Gasteiger partial charge is 0.313 e. The number of aromatic nitrogens is 1. The molecular weight excluding hydrogens is 208 g/mol. The van der Waals surface area contributed by atoms with E-state index in [-0.39, 0.29) is 0 Å². The number of hydrogen-bond donors (Lipinski definition) is 1. The summed E-state index contributed by atoms with van der Waals surface area (Å²) in [6, 6.07) is 11.0. The van der Waals surface area contributed by atoms with Crippen molar-refractivity contribution in [1.29, 1.82) is 0 Å². The maximum absolute atomic E-state index is 4.59. The Hall–Kier alpha value is -1.41. The predicted octanol–water partition coefficient (Wildman–Crippen LogP) is 3.60. The zero-order valence-corrected chi connectivity index (χ0v) is 10.8. The minimum atomic E-state index is 0.423. The number of hydrogen-bond acceptors (Lipinski definition) is 2. The third kappa shape index (κ3) is 2.47. The van der Waals surface area contributed by atoms with Crippen LogP contribution in [0.4, 0.5) is 0 Å². The highest BCUT2D eigenvalue weighted by molar-refractivity contribution is 5.82. The van der Waals surface area contributed by atoms with Gasteiger partial charge in [0, 0.05) is 17.1 Å². The monoisotopic (exact) mass is 228 g/mol. The van der Waals surface area contributed by atoms with E-state index in [2.05, 4.69) is 48.4 Å². The smallest absolute Gasteiger partial charge is 0.0708 e. The van der Waals surface area contributed by atoms with E-state index in [9.17, 15) is 0 Å². The van der Waals surface area contributed by atoms with E-state index >= 15 is 0 Å². The first-order valence-corrected chi connectivity index (χ1v) is 6.29. The molecule has 0 spiro atoms. The van der Waals surface area contributed by atoms with Crippen LogP contribution < -0.4 is 5.32 Å². The Morgan fingerprint density at radius 2 is 2.06 bits per heavy atom. The summed E-state index contributed by atoms with van der Waals surface area (Å²) in [5.41, 5.74) is 3.56. The molecule has 2 rings (SSSR count). The molecule has 2 aromatic rings. The molecule has 0 amide bonds. The molecule has 17 heavy (non-hydrogen) atoms. The average molecular weight is 228 g/mol. The van der Waals surface area contributed by atoms with Crippen molar-refractivity contribution in [2.24, 2.45) is 0 Å². The van der Waals surface area contributed by atoms with Gasteiger partial charge in [-0.3, -0.25) is 4.98 Å². The Morgan fingerprint density at radius 3 is 2.76 bits per heavy atom. The van der Waals surface area contributed by atoms with Crippen LogP contribution in [0.3, 0.4) is 0 Å². The van der Waals surface area contributed by atoms with Crippen molar-refractivity contribution in [2.75, 3.05) is 7.05 Å². The van der Waals surface area contributed by atoms with Gasteiger partial charge in [0.1, 0.15) is 0 Å². The Labute approximate surface area is 103 Å². The van der Waals surface area contributed by atoms with Crippen molar-refractivity contribution in [3.05, 3.63) is 41.6 Å². The van der Waals surface area contributed by atoms with Crippen molar-refractivity contribution in [3.8, 4) is 0 Å². The second-order valence-electron chi connectivity index (χ2n) is 4.50. The van der Waals surface area contributed by atoms with Crippen LogP contribution in [0.2, 0.25) is 0 Å². The second-order valence-corrected chi connectivity index (χ2v) is 4.50. The maximum atomic E-state index is 4.59. The van der Waals surface area contributed by atoms with E-state index in [0.29, 0.717) is 6.04 Å². The molecule has 1 N–H and O–H groups in total. The van der Waals surface area contributed by atoms with Crippen molar-refractivity contribution in [3.63, 3.8) is 0 Å². The minimum absolute atomic E-state index is 0.423. The highest BCUT2D eigenvalue weighted by Gasteiger charge is 2.12. The van der Waals surface area contributed by atoms with Crippen LogP contribution in [0.15, 0.2) is 30.3 Å². The van der Waals surface area contributed by atoms with Gasteiger partial charge in [-0.15, -0.1) is 0 Å². The van der Waals surface area contributed by atoms with Gasteiger partial charge in [-0.2, -0.15) is 0 Å². The van der Waals surface area contributed by atoms with Gasteiger partial charge in [0.15, 0.2) is 0 Å². The lowest BCUT2D eigenvalue weighted by molar-refractivity contribution is 0.544. The van der Waals surface area contributed by atoms with E-state index in [0.717, 1.165) is 17.6 Å². The Bertz CT molecular complexity index is 505. The summed E-state index contributed by atoms with van der Waals surface area (Å²) in [5.74, 6) is 0. The van der Waals surface area contributed by atoms with Crippen molar-refractivity contribution < 1.29 is 0 Å². The molecule has 0 fully saturated rings. The molecule has 0 aliphatic carbocycles. The van der Waals surface area contributed by atoms with Crippen molar-refractivity contribution in [2.45, 2.75) is 32.7 Å². The first-order chi connectivity index (χ1) is 8.26. The number of aryl methyl sites for hydroxylation is 1. The number of nitrogens with zero attached hydrogens (tertiary/aromatic N) is 1. The summed E-state index contributed by atoms with van der Waals surface area (Å²) in [5, 5.41) is 4.68. The van der Waals surface area contributed by atoms with Gasteiger partial charge in [0.05, 0.1) is 5.52 Å². The quantitative estimate of drug-likeness (QED) is 0.864. The molecule has 90 valence electrons. The summed E-state index contributed by atoms with van der Waals surface area (Å²) in [4.78, 5) is 4.59. The fraction of sp³-hybridized carbons (Fsp3) is 0.400. The van der Waals surface area contributed by atoms with Gasteiger partial charge in [0.2, 0.25) is 0 Å². The highest BCUT2D eigenvalue weighted by atomic mass is 14.9. The standard InChI is InChI=1S/C15H20N2/c1-4-7-14(16-3)13-10-11(2)17-15-9-6-5-8-12(13)15/h5-6,8-10,14,16H,4,7H2,1-3H3. The molecule has 1 atom stereocenters. The Kier molecular flexibility index (Phi) is 3.75. The lowest BCUT2D eigenvalue weighted by Gasteiger charge is -2.18. The van der Waals surface area contributed by atoms with E-state index in [1.165, 1.54) is 17.4 Å². The SMILES string of the molecule is CCCC(NC)c1cc(C)nc2ccccc12. The summed E-state index contributed by atoms with van der Waals surface area (Å²) in [6.45, 7) is 4.29. The van der Waals surface area contributed by atoms with Gasteiger partial charge in [0.25, 0.3) is 0 Å². The Morgan fingerprint density at radius 1 is 1.29 bits per heavy atom. The lowest BCUT2D eigenvalue weighted by Crippen LogP contribution is -2.16. The molecule has 0 saturated heterocycles. The van der Waals surface area contributed by atoms with Crippen molar-refractivity contribution >= 4 is 10.9 Å². The Balaban J connectivity index is 2.58. The molecule has 2 heteroatoms. The maximum Gasteiger partial charge on any atom is 0.0708 e. The molecule has 1 heterocycles. The molecule has 0 saturated carbocycles. The number of nitrogens with one attached hydrogen (secondary N) is 1. The van der Waals surface area contributed by atoms with E-state index in [1.54, 1.807) is 0 Å². The molecule has 0 aliphatic rings. The summed E-state index contributed by atoms with van der Waals surface area (Å²) < 4.78 is 0. The van der Waals surface area contributed by atoms with Crippen LogP contribution in [0, 0.1) is 6.92 Å². The third-order valence-electron chi connectivity index (χ3n) is 3.18. The van der Waals surface area contributed by atoms with Gasteiger partial charge in [-0.05, 0) is 38.1 Å². The highest BCUT2D eigenvalue weighted by Crippen LogP contribution is 2.26. The van der Waals surface area contributed by atoms with Crippen LogP contribution in [0.25, 0.3) is 10.9 Å². The molecule has 1 unspecified atom stereocenters. The fourth-order valence-electron chi connectivity index (χ4n) is 2.37. The molecule has 0 bridgehead atoms. The third-order valence-corrected chi connectivity index (χ3v) is 3.18. The molecule has 0 aliphatic heterocycles. The summed E-state index contributed by atoms with van der Waals surface area (Å²) >= 11 is 0. The van der Waals surface area contributed by atoms with Gasteiger partial charge >= 0.3 is 0 Å². The first kappa shape index (κ1) is 12.1. The first-order valence-electron chi connectivity index (χ1n) is 6.29. The number of pyridine rings is 1. The van der Waals surface area contributed by atoms with Crippen LogP contribution in [0.5, 0.6) is 0 Å². The number of rotatable bonds is 4. The minimum Gasteiger partial charge on any atom is -0.313 e. The van der Waals surface area contributed by atoms with Gasteiger partial charge in [-0.1, -0.05) is 31.5 Å². The van der Waals surface area contributed by atoms with Gasteiger partial charge in [-0.25, -0.2) is 0 Å². The van der Waals surface area contributed by atoms with E-state index < -0.39 is 0 Å². The number of para-hydroxylation sites is 1. The predicted molar refractivity (Wildman–Crippen MR) is 73.2 cm³/mol. The summed E-state index contributed by atoms with van der Waals surface area (Å²) in [7, 11) is 2.03. The molecule has 2 nitrogen and oxygen atoms in total. The number of fused-ring (bicyclic) bond motifs is 1. The van der Waals surface area contributed by atoms with E-state index in [4.69, 9.17) is 0 Å². The second kappa shape index (κ2) is 5.28. The van der Waals surface area contributed by atoms with Crippen molar-refractivity contribution in [1.82, 2.24) is 10.3 Å². The van der Waals surface area contributed by atoms with Crippen LogP contribution in [-0.4, -0.2) is 12.0 Å².